The van der Waals surface area contributed by atoms with Crippen LogP contribution in [0.3, 0.4) is 0 Å². The van der Waals surface area contributed by atoms with E-state index in [4.69, 9.17) is 0 Å². The van der Waals surface area contributed by atoms with E-state index in [1.807, 2.05) is 24.8 Å². The maximum absolute atomic E-state index is 4.46. The SMILES string of the molecule is c1ccc2cc3c(cc2c1)c1cnccc1n3-c1ccc(-c2ccc(-n3c4ccncc4c4cc5ccccc5cc43)cc2)cc1. The van der Waals surface area contributed by atoms with E-state index in [0.717, 1.165) is 33.2 Å². The van der Waals surface area contributed by atoms with Gasteiger partial charge in [0.05, 0.1) is 22.1 Å². The third-order valence-electron chi connectivity index (χ3n) is 9.45. The molecule has 0 fully saturated rings. The molecule has 4 heterocycles. The van der Waals surface area contributed by atoms with Gasteiger partial charge in [-0.2, -0.15) is 0 Å². The molecule has 4 nitrogen and oxygen atoms in total. The van der Waals surface area contributed by atoms with Crippen LogP contribution in [0.5, 0.6) is 0 Å². The van der Waals surface area contributed by atoms with E-state index in [9.17, 15) is 0 Å². The summed E-state index contributed by atoms with van der Waals surface area (Å²) < 4.78 is 4.71. The Balaban J connectivity index is 1.07. The van der Waals surface area contributed by atoms with Gasteiger partial charge in [0.25, 0.3) is 0 Å². The summed E-state index contributed by atoms with van der Waals surface area (Å²) in [6.07, 6.45) is 7.72. The van der Waals surface area contributed by atoms with Gasteiger partial charge < -0.3 is 9.13 Å². The Kier molecular flexibility index (Phi) is 5.25. The predicted octanol–water partition coefficient (Wildman–Crippen LogP) is 10.6. The topological polar surface area (TPSA) is 35.6 Å². The lowest BCUT2D eigenvalue weighted by Gasteiger charge is -2.11. The van der Waals surface area contributed by atoms with Crippen LogP contribution in [0, 0.1) is 0 Å². The first-order valence-corrected chi connectivity index (χ1v) is 15.6. The van der Waals surface area contributed by atoms with Gasteiger partial charge in [0, 0.05) is 57.7 Å². The zero-order valence-corrected chi connectivity index (χ0v) is 24.8. The number of hydrogen-bond acceptors (Lipinski definition) is 2. The van der Waals surface area contributed by atoms with Crippen molar-refractivity contribution in [3.63, 3.8) is 0 Å². The molecule has 0 bridgehead atoms. The van der Waals surface area contributed by atoms with Gasteiger partial charge in [0.1, 0.15) is 0 Å². The molecule has 0 radical (unpaired) electrons. The quantitative estimate of drug-likeness (QED) is 0.206. The Hall–Kier alpha value is -6.26. The molecule has 46 heavy (non-hydrogen) atoms. The minimum Gasteiger partial charge on any atom is -0.309 e. The normalized spacial score (nSPS) is 11.9. The van der Waals surface area contributed by atoms with Crippen LogP contribution < -0.4 is 0 Å². The molecule has 10 rings (SSSR count). The fourth-order valence-electron chi connectivity index (χ4n) is 7.26. The van der Waals surface area contributed by atoms with Gasteiger partial charge in [-0.3, -0.25) is 9.97 Å². The van der Waals surface area contributed by atoms with Gasteiger partial charge in [-0.15, -0.1) is 0 Å². The second kappa shape index (κ2) is 9.62. The minimum atomic E-state index is 1.13. The maximum Gasteiger partial charge on any atom is 0.0571 e. The van der Waals surface area contributed by atoms with Gasteiger partial charge >= 0.3 is 0 Å². The Morgan fingerprint density at radius 3 is 1.15 bits per heavy atom. The maximum atomic E-state index is 4.46. The monoisotopic (exact) mass is 586 g/mol. The van der Waals surface area contributed by atoms with E-state index in [1.165, 1.54) is 54.5 Å². The van der Waals surface area contributed by atoms with Crippen molar-refractivity contribution in [1.82, 2.24) is 19.1 Å². The highest BCUT2D eigenvalue weighted by atomic mass is 15.0. The number of pyridine rings is 2. The van der Waals surface area contributed by atoms with Crippen LogP contribution >= 0.6 is 0 Å². The van der Waals surface area contributed by atoms with Crippen molar-refractivity contribution >= 4 is 65.2 Å². The Morgan fingerprint density at radius 2 is 0.739 bits per heavy atom. The largest absolute Gasteiger partial charge is 0.309 e. The molecule has 6 aromatic carbocycles. The zero-order valence-electron chi connectivity index (χ0n) is 24.8. The lowest BCUT2D eigenvalue weighted by atomic mass is 10.0. The second-order valence-electron chi connectivity index (χ2n) is 12.0. The molecule has 0 spiro atoms. The number of fused-ring (bicyclic) bond motifs is 8. The molecule has 214 valence electrons. The predicted molar refractivity (Wildman–Crippen MR) is 191 cm³/mol. The summed E-state index contributed by atoms with van der Waals surface area (Å²) in [5.41, 5.74) is 9.32. The Morgan fingerprint density at radius 1 is 0.348 bits per heavy atom. The van der Waals surface area contributed by atoms with Crippen LogP contribution in [0.4, 0.5) is 0 Å². The Labute approximate surface area is 264 Å². The van der Waals surface area contributed by atoms with E-state index in [1.54, 1.807) is 0 Å². The van der Waals surface area contributed by atoms with Crippen molar-refractivity contribution in [2.75, 3.05) is 0 Å². The second-order valence-corrected chi connectivity index (χ2v) is 12.0. The molecule has 4 aromatic heterocycles. The number of rotatable bonds is 3. The minimum absolute atomic E-state index is 1.13. The Bertz CT molecular complexity index is 2590. The average Bonchev–Trinajstić information content (AvgIpc) is 3.61. The summed E-state index contributed by atoms with van der Waals surface area (Å²) in [6.45, 7) is 0. The lowest BCUT2D eigenvalue weighted by Crippen LogP contribution is -1.95. The molecule has 10 aromatic rings. The van der Waals surface area contributed by atoms with Gasteiger partial charge in [-0.1, -0.05) is 72.8 Å². The molecule has 0 unspecified atom stereocenters. The van der Waals surface area contributed by atoms with Crippen LogP contribution in [0.1, 0.15) is 0 Å². The highest BCUT2D eigenvalue weighted by molar-refractivity contribution is 6.14. The zero-order chi connectivity index (χ0) is 30.2. The summed E-state index contributed by atoms with van der Waals surface area (Å²) in [5.74, 6) is 0. The van der Waals surface area contributed by atoms with E-state index in [-0.39, 0.29) is 0 Å². The highest BCUT2D eigenvalue weighted by Crippen LogP contribution is 2.37. The molecular weight excluding hydrogens is 560 g/mol. The average molecular weight is 587 g/mol. The van der Waals surface area contributed by atoms with Gasteiger partial charge in [-0.05, 0) is 93.3 Å². The number of aromatic nitrogens is 4. The standard InChI is InChI=1S/C42H26N4/c1-3-7-31-23-41-35(21-29(31)5-1)37-25-43-19-17-39(37)45(41)33-13-9-27(10-14-33)28-11-15-34(16-12-28)46-40-18-20-44-26-38(40)36-22-30-6-2-4-8-32(30)24-42(36)46/h1-26H. The molecule has 0 atom stereocenters. The van der Waals surface area contributed by atoms with Gasteiger partial charge in [-0.25, -0.2) is 0 Å². The van der Waals surface area contributed by atoms with E-state index < -0.39 is 0 Å². The highest BCUT2D eigenvalue weighted by Gasteiger charge is 2.15. The fraction of sp³-hybridized carbons (Fsp3) is 0. The molecule has 0 N–H and O–H groups in total. The first-order chi connectivity index (χ1) is 22.8. The third kappa shape index (κ3) is 3.67. The van der Waals surface area contributed by atoms with Crippen molar-refractivity contribution in [3.8, 4) is 22.5 Å². The number of hydrogen-bond donors (Lipinski definition) is 0. The molecule has 0 aliphatic heterocycles. The van der Waals surface area contributed by atoms with Crippen molar-refractivity contribution < 1.29 is 0 Å². The number of benzene rings is 6. The molecular formula is C42H26N4. The van der Waals surface area contributed by atoms with Crippen LogP contribution in [0.15, 0.2) is 158 Å². The van der Waals surface area contributed by atoms with Crippen molar-refractivity contribution in [3.05, 3.63) is 158 Å². The first-order valence-electron chi connectivity index (χ1n) is 15.6. The summed E-state index contributed by atoms with van der Waals surface area (Å²) in [5, 5.41) is 9.71. The summed E-state index contributed by atoms with van der Waals surface area (Å²) in [6, 6.07) is 48.3. The molecule has 0 saturated heterocycles. The molecule has 0 saturated carbocycles. The molecule has 0 aliphatic rings. The summed E-state index contributed by atoms with van der Waals surface area (Å²) in [4.78, 5) is 8.92. The van der Waals surface area contributed by atoms with Gasteiger partial charge in [0.15, 0.2) is 0 Å². The van der Waals surface area contributed by atoms with Crippen molar-refractivity contribution in [1.29, 1.82) is 0 Å². The fourth-order valence-corrected chi connectivity index (χ4v) is 7.26. The summed E-state index contributed by atoms with van der Waals surface area (Å²) >= 11 is 0. The van der Waals surface area contributed by atoms with Crippen molar-refractivity contribution in [2.45, 2.75) is 0 Å². The van der Waals surface area contributed by atoms with E-state index in [0.29, 0.717) is 0 Å². The van der Waals surface area contributed by atoms with Gasteiger partial charge in [0.2, 0.25) is 0 Å². The van der Waals surface area contributed by atoms with Crippen LogP contribution in [-0.2, 0) is 0 Å². The summed E-state index contributed by atoms with van der Waals surface area (Å²) in [7, 11) is 0. The number of nitrogens with zero attached hydrogens (tertiary/aromatic N) is 4. The lowest BCUT2D eigenvalue weighted by molar-refractivity contribution is 1.17. The van der Waals surface area contributed by atoms with E-state index >= 15 is 0 Å². The first kappa shape index (κ1) is 25.1. The molecule has 0 amide bonds. The smallest absolute Gasteiger partial charge is 0.0571 e. The van der Waals surface area contributed by atoms with Crippen LogP contribution in [0.2, 0.25) is 0 Å². The molecule has 4 heteroatoms. The molecule has 0 aliphatic carbocycles. The van der Waals surface area contributed by atoms with Crippen LogP contribution in [-0.4, -0.2) is 19.1 Å². The van der Waals surface area contributed by atoms with Crippen LogP contribution in [0.25, 0.3) is 87.7 Å². The van der Waals surface area contributed by atoms with Crippen molar-refractivity contribution in [2.24, 2.45) is 0 Å². The van der Waals surface area contributed by atoms with E-state index in [2.05, 4.69) is 153 Å². The third-order valence-corrected chi connectivity index (χ3v) is 9.45.